The fourth-order valence-electron chi connectivity index (χ4n) is 2.57. The largest absolute Gasteiger partial charge is 0.446 e. The number of para-hydroxylation sites is 1. The number of benzene rings is 1. The Hall–Kier alpha value is -2.60. The average molecular weight is 326 g/mol. The molecule has 6 nitrogen and oxygen atoms in total. The second-order valence-corrected chi connectivity index (χ2v) is 6.21. The van der Waals surface area contributed by atoms with Crippen molar-refractivity contribution < 1.29 is 9.21 Å². The molecule has 2 heterocycles. The van der Waals surface area contributed by atoms with Crippen LogP contribution < -0.4 is 11.1 Å². The number of rotatable bonds is 6. The summed E-state index contributed by atoms with van der Waals surface area (Å²) in [5.41, 5.74) is 8.52. The first-order chi connectivity index (χ1) is 11.6. The lowest BCUT2D eigenvalue weighted by Gasteiger charge is -2.10. The van der Waals surface area contributed by atoms with Gasteiger partial charge in [-0.3, -0.25) is 4.79 Å². The summed E-state index contributed by atoms with van der Waals surface area (Å²) >= 11 is 0. The first-order valence-corrected chi connectivity index (χ1v) is 8.10. The number of carbonyl (C=O) groups is 1. The van der Waals surface area contributed by atoms with Gasteiger partial charge in [-0.25, -0.2) is 4.98 Å². The van der Waals surface area contributed by atoms with Gasteiger partial charge >= 0.3 is 0 Å². The van der Waals surface area contributed by atoms with Crippen molar-refractivity contribution in [3.05, 3.63) is 53.9 Å². The number of oxazole rings is 1. The molecule has 0 aliphatic heterocycles. The van der Waals surface area contributed by atoms with Crippen molar-refractivity contribution in [2.75, 3.05) is 6.54 Å². The summed E-state index contributed by atoms with van der Waals surface area (Å²) < 4.78 is 5.32. The van der Waals surface area contributed by atoms with Crippen LogP contribution in [0.15, 0.2) is 41.1 Å². The van der Waals surface area contributed by atoms with Gasteiger partial charge in [0.25, 0.3) is 5.91 Å². The lowest BCUT2D eigenvalue weighted by Crippen LogP contribution is -2.26. The van der Waals surface area contributed by atoms with E-state index in [2.05, 4.69) is 21.4 Å². The Balaban J connectivity index is 1.58. The smallest absolute Gasteiger partial charge is 0.273 e. The molecule has 1 aromatic carbocycles. The zero-order chi connectivity index (χ0) is 17.1. The molecule has 0 saturated heterocycles. The Labute approximate surface area is 140 Å². The summed E-state index contributed by atoms with van der Waals surface area (Å²) in [6.45, 7) is 4.49. The van der Waals surface area contributed by atoms with Crippen molar-refractivity contribution in [3.8, 4) is 0 Å². The Bertz CT molecular complexity index is 834. The number of nitrogens with two attached hydrogens (primary N) is 1. The van der Waals surface area contributed by atoms with Gasteiger partial charge in [0, 0.05) is 23.6 Å². The molecule has 3 aromatic rings. The molecule has 0 saturated carbocycles. The van der Waals surface area contributed by atoms with Crippen LogP contribution in [-0.2, 0) is 6.42 Å². The molecule has 0 aliphatic rings. The van der Waals surface area contributed by atoms with Gasteiger partial charge in [-0.15, -0.1) is 0 Å². The van der Waals surface area contributed by atoms with E-state index in [-0.39, 0.29) is 23.6 Å². The molecule has 2 aromatic heterocycles. The Kier molecular flexibility index (Phi) is 4.66. The van der Waals surface area contributed by atoms with E-state index in [1.54, 1.807) is 0 Å². The number of hydrogen-bond acceptors (Lipinski definition) is 4. The van der Waals surface area contributed by atoms with E-state index < -0.39 is 0 Å². The number of hydrogen-bond donors (Lipinski definition) is 3. The molecule has 0 aliphatic carbocycles. The minimum atomic E-state index is -0.308. The van der Waals surface area contributed by atoms with Crippen LogP contribution in [-0.4, -0.2) is 22.4 Å². The van der Waals surface area contributed by atoms with Gasteiger partial charge in [-0.2, -0.15) is 0 Å². The third-order valence-corrected chi connectivity index (χ3v) is 4.11. The highest BCUT2D eigenvalue weighted by atomic mass is 16.3. The molecule has 3 rings (SSSR count). The van der Waals surface area contributed by atoms with Crippen LogP contribution >= 0.6 is 0 Å². The van der Waals surface area contributed by atoms with Crippen molar-refractivity contribution >= 4 is 16.8 Å². The van der Waals surface area contributed by atoms with Gasteiger partial charge in [0.15, 0.2) is 5.69 Å². The van der Waals surface area contributed by atoms with Crippen molar-refractivity contribution in [1.82, 2.24) is 15.3 Å². The third-order valence-electron chi connectivity index (χ3n) is 4.11. The molecule has 1 amide bonds. The van der Waals surface area contributed by atoms with Crippen LogP contribution in [0.5, 0.6) is 0 Å². The standard InChI is InChI=1S/C18H22N4O2/c1-11(2)16(19)18-22-15(10-24-18)17(23)20-8-7-12-9-21-14-6-4-3-5-13(12)14/h3-6,9-11,16,21H,7-8,19H2,1-2H3,(H,20,23). The Morgan fingerprint density at radius 3 is 2.96 bits per heavy atom. The minimum absolute atomic E-state index is 0.196. The fourth-order valence-corrected chi connectivity index (χ4v) is 2.57. The van der Waals surface area contributed by atoms with Crippen molar-refractivity contribution in [2.45, 2.75) is 26.3 Å². The Morgan fingerprint density at radius 2 is 2.17 bits per heavy atom. The topological polar surface area (TPSA) is 96.9 Å². The number of H-pyrrole nitrogens is 1. The zero-order valence-electron chi connectivity index (χ0n) is 13.9. The van der Waals surface area contributed by atoms with Crippen LogP contribution in [0.25, 0.3) is 10.9 Å². The number of aromatic amines is 1. The average Bonchev–Trinajstić information content (AvgIpc) is 3.21. The second-order valence-electron chi connectivity index (χ2n) is 6.21. The van der Waals surface area contributed by atoms with E-state index in [4.69, 9.17) is 10.2 Å². The van der Waals surface area contributed by atoms with E-state index in [9.17, 15) is 4.79 Å². The van der Waals surface area contributed by atoms with E-state index in [0.717, 1.165) is 11.9 Å². The normalized spacial score (nSPS) is 12.7. The maximum Gasteiger partial charge on any atom is 0.273 e. The highest BCUT2D eigenvalue weighted by Gasteiger charge is 2.19. The minimum Gasteiger partial charge on any atom is -0.446 e. The number of nitrogens with zero attached hydrogens (tertiary/aromatic N) is 1. The van der Waals surface area contributed by atoms with Gasteiger partial charge in [0.2, 0.25) is 5.89 Å². The molecule has 6 heteroatoms. The van der Waals surface area contributed by atoms with Gasteiger partial charge < -0.3 is 20.5 Å². The van der Waals surface area contributed by atoms with Crippen LogP contribution in [0.3, 0.4) is 0 Å². The summed E-state index contributed by atoms with van der Waals surface area (Å²) in [6.07, 6.45) is 4.08. The molecule has 0 bridgehead atoms. The predicted octanol–water partition coefficient (Wildman–Crippen LogP) is 2.78. The van der Waals surface area contributed by atoms with Crippen molar-refractivity contribution in [2.24, 2.45) is 11.7 Å². The van der Waals surface area contributed by atoms with Crippen molar-refractivity contribution in [1.29, 1.82) is 0 Å². The maximum absolute atomic E-state index is 12.2. The molecule has 0 fully saturated rings. The summed E-state index contributed by atoms with van der Waals surface area (Å²) in [6, 6.07) is 7.80. The van der Waals surface area contributed by atoms with Crippen LogP contribution in [0.2, 0.25) is 0 Å². The van der Waals surface area contributed by atoms with E-state index >= 15 is 0 Å². The maximum atomic E-state index is 12.2. The van der Waals surface area contributed by atoms with Crippen LogP contribution in [0, 0.1) is 5.92 Å². The number of carbonyl (C=O) groups excluding carboxylic acids is 1. The highest BCUT2D eigenvalue weighted by molar-refractivity contribution is 5.92. The van der Waals surface area contributed by atoms with E-state index in [0.29, 0.717) is 12.4 Å². The van der Waals surface area contributed by atoms with E-state index in [1.165, 1.54) is 17.2 Å². The van der Waals surface area contributed by atoms with Crippen LogP contribution in [0.4, 0.5) is 0 Å². The number of amides is 1. The fraction of sp³-hybridized carbons (Fsp3) is 0.333. The van der Waals surface area contributed by atoms with Gasteiger partial charge in [-0.05, 0) is 24.0 Å². The quantitative estimate of drug-likeness (QED) is 0.649. The molecule has 1 unspecified atom stereocenters. The first-order valence-electron chi connectivity index (χ1n) is 8.10. The zero-order valence-corrected chi connectivity index (χ0v) is 13.9. The molecule has 0 spiro atoms. The second kappa shape index (κ2) is 6.88. The molecular formula is C18H22N4O2. The first kappa shape index (κ1) is 16.3. The lowest BCUT2D eigenvalue weighted by atomic mass is 10.1. The summed E-state index contributed by atoms with van der Waals surface area (Å²) in [7, 11) is 0. The summed E-state index contributed by atoms with van der Waals surface area (Å²) in [5, 5.41) is 4.05. The monoisotopic (exact) mass is 326 g/mol. The molecule has 1 atom stereocenters. The summed E-state index contributed by atoms with van der Waals surface area (Å²) in [5.74, 6) is 0.342. The molecule has 0 radical (unpaired) electrons. The molecule has 4 N–H and O–H groups in total. The Morgan fingerprint density at radius 1 is 1.38 bits per heavy atom. The van der Waals surface area contributed by atoms with Crippen LogP contribution in [0.1, 0.15) is 41.8 Å². The highest BCUT2D eigenvalue weighted by Crippen LogP contribution is 2.19. The van der Waals surface area contributed by atoms with Crippen molar-refractivity contribution in [3.63, 3.8) is 0 Å². The third kappa shape index (κ3) is 3.33. The molecule has 24 heavy (non-hydrogen) atoms. The van der Waals surface area contributed by atoms with E-state index in [1.807, 2.05) is 38.2 Å². The number of nitrogens with one attached hydrogen (secondary N) is 2. The SMILES string of the molecule is CC(C)C(N)c1nc(C(=O)NCCc2c[nH]c3ccccc23)co1. The number of fused-ring (bicyclic) bond motifs is 1. The van der Waals surface area contributed by atoms with Gasteiger partial charge in [0.05, 0.1) is 6.04 Å². The lowest BCUT2D eigenvalue weighted by molar-refractivity contribution is 0.0949. The molecular weight excluding hydrogens is 304 g/mol. The summed E-state index contributed by atoms with van der Waals surface area (Å²) in [4.78, 5) is 19.6. The predicted molar refractivity (Wildman–Crippen MR) is 92.6 cm³/mol. The number of aromatic nitrogens is 2. The van der Waals surface area contributed by atoms with Gasteiger partial charge in [-0.1, -0.05) is 32.0 Å². The molecule has 126 valence electrons. The van der Waals surface area contributed by atoms with Gasteiger partial charge in [0.1, 0.15) is 6.26 Å².